The van der Waals surface area contributed by atoms with Gasteiger partial charge < -0.3 is 14.4 Å². The third-order valence-electron chi connectivity index (χ3n) is 5.52. The maximum Gasteiger partial charge on any atom is 0.338 e. The normalized spacial score (nSPS) is 13.3. The first kappa shape index (κ1) is 24.3. The maximum absolute atomic E-state index is 12.9. The molecule has 1 aliphatic heterocycles. The summed E-state index contributed by atoms with van der Waals surface area (Å²) in [6, 6.07) is 21.7. The SMILES string of the molecule is O=C(OCC(=O)N1CCCC1)c1cccc(S(=O)(=O)Nc2ccc(OCc3ccccc3)cc2)c1. The molecule has 35 heavy (non-hydrogen) atoms. The van der Waals surface area contributed by atoms with Crippen LogP contribution < -0.4 is 9.46 Å². The fourth-order valence-corrected chi connectivity index (χ4v) is 4.74. The summed E-state index contributed by atoms with van der Waals surface area (Å²) < 4.78 is 39.0. The van der Waals surface area contributed by atoms with Gasteiger partial charge in [0.1, 0.15) is 12.4 Å². The van der Waals surface area contributed by atoms with Crippen molar-refractivity contribution in [1.29, 1.82) is 0 Å². The van der Waals surface area contributed by atoms with Crippen LogP contribution in [-0.4, -0.2) is 44.9 Å². The van der Waals surface area contributed by atoms with Crippen molar-refractivity contribution in [2.24, 2.45) is 0 Å². The van der Waals surface area contributed by atoms with Crippen LogP contribution in [-0.2, 0) is 26.2 Å². The van der Waals surface area contributed by atoms with Gasteiger partial charge in [-0.05, 0) is 60.9 Å². The molecule has 1 N–H and O–H groups in total. The van der Waals surface area contributed by atoms with Crippen LogP contribution in [0.25, 0.3) is 0 Å². The minimum atomic E-state index is -3.96. The molecule has 0 atom stereocenters. The van der Waals surface area contributed by atoms with Gasteiger partial charge in [0.25, 0.3) is 15.9 Å². The molecule has 0 unspecified atom stereocenters. The lowest BCUT2D eigenvalue weighted by Gasteiger charge is -2.15. The standard InChI is InChI=1S/C26H26N2O6S/c29-25(28-15-4-5-16-28)19-34-26(30)21-9-6-10-24(17-21)35(31,32)27-22-11-13-23(14-12-22)33-18-20-7-2-1-3-8-20/h1-3,6-14,17,27H,4-5,15-16,18-19H2. The number of anilines is 1. The summed E-state index contributed by atoms with van der Waals surface area (Å²) in [5.41, 5.74) is 1.42. The van der Waals surface area contributed by atoms with E-state index in [2.05, 4.69) is 4.72 Å². The van der Waals surface area contributed by atoms with Gasteiger partial charge in [0.15, 0.2) is 6.61 Å². The van der Waals surface area contributed by atoms with E-state index in [9.17, 15) is 18.0 Å². The predicted octanol–water partition coefficient (Wildman–Crippen LogP) is 3.85. The molecule has 182 valence electrons. The van der Waals surface area contributed by atoms with Crippen LogP contribution in [0.1, 0.15) is 28.8 Å². The van der Waals surface area contributed by atoms with Gasteiger partial charge in [-0.25, -0.2) is 13.2 Å². The van der Waals surface area contributed by atoms with E-state index in [0.29, 0.717) is 31.1 Å². The number of sulfonamides is 1. The molecule has 8 nitrogen and oxygen atoms in total. The van der Waals surface area contributed by atoms with Crippen molar-refractivity contribution in [2.45, 2.75) is 24.3 Å². The fraction of sp³-hybridized carbons (Fsp3) is 0.231. The lowest BCUT2D eigenvalue weighted by Crippen LogP contribution is -2.32. The van der Waals surface area contributed by atoms with Gasteiger partial charge in [-0.2, -0.15) is 0 Å². The van der Waals surface area contributed by atoms with E-state index in [0.717, 1.165) is 18.4 Å². The molecule has 0 bridgehead atoms. The first-order valence-corrected chi connectivity index (χ1v) is 12.7. The number of carbonyl (C=O) groups is 2. The Kier molecular flexibility index (Phi) is 7.67. The summed E-state index contributed by atoms with van der Waals surface area (Å²) >= 11 is 0. The monoisotopic (exact) mass is 494 g/mol. The molecule has 1 amide bonds. The van der Waals surface area contributed by atoms with Crippen molar-refractivity contribution in [2.75, 3.05) is 24.4 Å². The molecule has 1 saturated heterocycles. The number of ether oxygens (including phenoxy) is 2. The Labute approximate surface area is 204 Å². The van der Waals surface area contributed by atoms with Gasteiger partial charge in [-0.15, -0.1) is 0 Å². The number of amides is 1. The summed E-state index contributed by atoms with van der Waals surface area (Å²) in [5, 5.41) is 0. The number of esters is 1. The number of nitrogens with one attached hydrogen (secondary N) is 1. The van der Waals surface area contributed by atoms with E-state index in [1.54, 1.807) is 29.2 Å². The van der Waals surface area contributed by atoms with Gasteiger partial charge in [-0.3, -0.25) is 9.52 Å². The number of hydrogen-bond donors (Lipinski definition) is 1. The molecule has 0 saturated carbocycles. The molecule has 0 radical (unpaired) electrons. The highest BCUT2D eigenvalue weighted by Crippen LogP contribution is 2.21. The first-order chi connectivity index (χ1) is 16.9. The van der Waals surface area contributed by atoms with Crippen molar-refractivity contribution >= 4 is 27.6 Å². The zero-order chi connectivity index (χ0) is 24.7. The van der Waals surface area contributed by atoms with Gasteiger partial charge in [0.2, 0.25) is 0 Å². The number of rotatable bonds is 9. The quantitative estimate of drug-likeness (QED) is 0.454. The predicted molar refractivity (Wildman–Crippen MR) is 131 cm³/mol. The molecular formula is C26H26N2O6S. The molecule has 9 heteroatoms. The van der Waals surface area contributed by atoms with Crippen molar-refractivity contribution in [1.82, 2.24) is 4.90 Å². The molecule has 1 heterocycles. The summed E-state index contributed by atoms with van der Waals surface area (Å²) in [6.07, 6.45) is 1.88. The summed E-state index contributed by atoms with van der Waals surface area (Å²) in [6.45, 7) is 1.36. The smallest absolute Gasteiger partial charge is 0.338 e. The van der Waals surface area contributed by atoms with Gasteiger partial charge in [0, 0.05) is 18.8 Å². The lowest BCUT2D eigenvalue weighted by atomic mass is 10.2. The molecule has 3 aromatic carbocycles. The van der Waals surface area contributed by atoms with Crippen LogP contribution in [0.3, 0.4) is 0 Å². The highest BCUT2D eigenvalue weighted by molar-refractivity contribution is 7.92. The van der Waals surface area contributed by atoms with Crippen LogP contribution in [0.5, 0.6) is 5.75 Å². The molecular weight excluding hydrogens is 468 g/mol. The Bertz CT molecular complexity index is 1270. The number of carbonyl (C=O) groups excluding carboxylic acids is 2. The Morgan fingerprint density at radius 3 is 2.31 bits per heavy atom. The van der Waals surface area contributed by atoms with E-state index in [4.69, 9.17) is 9.47 Å². The number of nitrogens with zero attached hydrogens (tertiary/aromatic N) is 1. The topological polar surface area (TPSA) is 102 Å². The second kappa shape index (κ2) is 11.1. The second-order valence-electron chi connectivity index (χ2n) is 8.10. The van der Waals surface area contributed by atoms with E-state index in [1.807, 2.05) is 30.3 Å². The Morgan fingerprint density at radius 1 is 0.886 bits per heavy atom. The highest BCUT2D eigenvalue weighted by Gasteiger charge is 2.21. The van der Waals surface area contributed by atoms with Crippen LogP contribution in [0.15, 0.2) is 83.8 Å². The van der Waals surface area contributed by atoms with Crippen molar-refractivity contribution in [3.8, 4) is 5.75 Å². The molecule has 4 rings (SSSR count). The Morgan fingerprint density at radius 2 is 1.60 bits per heavy atom. The average molecular weight is 495 g/mol. The lowest BCUT2D eigenvalue weighted by molar-refractivity contribution is -0.133. The summed E-state index contributed by atoms with van der Waals surface area (Å²) in [4.78, 5) is 26.0. The van der Waals surface area contributed by atoms with Crippen LogP contribution in [0.2, 0.25) is 0 Å². The molecule has 1 fully saturated rings. The van der Waals surface area contributed by atoms with Gasteiger partial charge >= 0.3 is 5.97 Å². The van der Waals surface area contributed by atoms with Crippen LogP contribution in [0, 0.1) is 0 Å². The fourth-order valence-electron chi connectivity index (χ4n) is 3.63. The highest BCUT2D eigenvalue weighted by atomic mass is 32.2. The third-order valence-corrected chi connectivity index (χ3v) is 6.90. The Balaban J connectivity index is 1.35. The van der Waals surface area contributed by atoms with E-state index < -0.39 is 16.0 Å². The van der Waals surface area contributed by atoms with Crippen molar-refractivity contribution in [3.63, 3.8) is 0 Å². The third kappa shape index (κ3) is 6.60. The van der Waals surface area contributed by atoms with Gasteiger partial charge in [-0.1, -0.05) is 36.4 Å². The second-order valence-corrected chi connectivity index (χ2v) is 9.78. The molecule has 1 aliphatic rings. The zero-order valence-corrected chi connectivity index (χ0v) is 19.9. The molecule has 0 aromatic heterocycles. The van der Waals surface area contributed by atoms with Gasteiger partial charge in [0.05, 0.1) is 10.5 Å². The minimum absolute atomic E-state index is 0.0479. The van der Waals surface area contributed by atoms with E-state index in [1.165, 1.54) is 24.3 Å². The summed E-state index contributed by atoms with van der Waals surface area (Å²) in [5.74, 6) is -0.406. The number of benzene rings is 3. The van der Waals surface area contributed by atoms with Crippen molar-refractivity contribution < 1.29 is 27.5 Å². The van der Waals surface area contributed by atoms with Crippen LogP contribution in [0.4, 0.5) is 5.69 Å². The van der Waals surface area contributed by atoms with Crippen LogP contribution >= 0.6 is 0 Å². The van der Waals surface area contributed by atoms with E-state index in [-0.39, 0.29) is 23.0 Å². The number of hydrogen-bond acceptors (Lipinski definition) is 6. The number of likely N-dealkylation sites (tertiary alicyclic amines) is 1. The maximum atomic E-state index is 12.9. The van der Waals surface area contributed by atoms with E-state index >= 15 is 0 Å². The first-order valence-electron chi connectivity index (χ1n) is 11.3. The largest absolute Gasteiger partial charge is 0.489 e. The average Bonchev–Trinajstić information content (AvgIpc) is 3.42. The molecule has 0 spiro atoms. The minimum Gasteiger partial charge on any atom is -0.489 e. The summed E-state index contributed by atoms with van der Waals surface area (Å²) in [7, 11) is -3.96. The Hall–Kier alpha value is -3.85. The van der Waals surface area contributed by atoms with Crippen molar-refractivity contribution in [3.05, 3.63) is 90.0 Å². The molecule has 0 aliphatic carbocycles. The molecule has 3 aromatic rings. The zero-order valence-electron chi connectivity index (χ0n) is 19.1.